The average molecular weight is 511 g/mol. The number of aromatic nitrogens is 5. The molecule has 1 saturated carbocycles. The second-order valence-electron chi connectivity index (χ2n) is 10.5. The first-order valence-corrected chi connectivity index (χ1v) is 14.5. The Morgan fingerprint density at radius 3 is 2.89 bits per heavy atom. The fourth-order valence-corrected chi connectivity index (χ4v) is 7.34. The van der Waals surface area contributed by atoms with Crippen LogP contribution in [0.25, 0.3) is 22.6 Å². The summed E-state index contributed by atoms with van der Waals surface area (Å²) in [5, 5.41) is 20.5. The Morgan fingerprint density at radius 1 is 1.22 bits per heavy atom. The SMILES string of the molecule is CSc1nc(-c2noc3c2CCC[C@@]32CCCCC2=O)nc2c1cnn2[C@@H](C)[C@@H]1CCCN1CCO. The molecule has 0 radical (unpaired) electrons. The molecule has 192 valence electrons. The number of aliphatic hydroxyl groups excluding tert-OH is 1. The van der Waals surface area contributed by atoms with Gasteiger partial charge in [0.2, 0.25) is 0 Å². The highest BCUT2D eigenvalue weighted by atomic mass is 32.2. The molecule has 3 aromatic rings. The summed E-state index contributed by atoms with van der Waals surface area (Å²) in [5.74, 6) is 1.61. The van der Waals surface area contributed by atoms with Crippen LogP contribution in [0.5, 0.6) is 0 Å². The Balaban J connectivity index is 1.43. The van der Waals surface area contributed by atoms with Crippen molar-refractivity contribution in [1.29, 1.82) is 0 Å². The highest BCUT2D eigenvalue weighted by molar-refractivity contribution is 7.98. The van der Waals surface area contributed by atoms with Crippen LogP contribution in [0, 0.1) is 0 Å². The first-order valence-electron chi connectivity index (χ1n) is 13.2. The zero-order chi connectivity index (χ0) is 24.9. The van der Waals surface area contributed by atoms with Crippen LogP contribution in [0.2, 0.25) is 0 Å². The zero-order valence-electron chi connectivity index (χ0n) is 21.1. The molecule has 1 spiro atoms. The fourth-order valence-electron chi connectivity index (χ4n) is 6.80. The number of carbonyl (C=O) groups is 1. The molecule has 2 aliphatic carbocycles. The van der Waals surface area contributed by atoms with Crippen molar-refractivity contribution in [3.05, 3.63) is 17.5 Å². The van der Waals surface area contributed by atoms with Gasteiger partial charge in [-0.05, 0) is 64.7 Å². The van der Waals surface area contributed by atoms with E-state index in [1.165, 1.54) is 0 Å². The van der Waals surface area contributed by atoms with Crippen LogP contribution in [-0.2, 0) is 16.6 Å². The molecule has 1 aliphatic heterocycles. The van der Waals surface area contributed by atoms with Gasteiger partial charge >= 0.3 is 0 Å². The largest absolute Gasteiger partial charge is 0.395 e. The molecule has 1 N–H and O–H groups in total. The molecule has 3 aromatic heterocycles. The van der Waals surface area contributed by atoms with Gasteiger partial charge in [0.05, 0.1) is 29.6 Å². The predicted molar refractivity (Wildman–Crippen MR) is 137 cm³/mol. The third-order valence-electron chi connectivity index (χ3n) is 8.61. The first kappa shape index (κ1) is 24.1. The number of nitrogens with zero attached hydrogens (tertiary/aromatic N) is 6. The Bertz CT molecular complexity index is 1290. The lowest BCUT2D eigenvalue weighted by molar-refractivity contribution is -0.128. The van der Waals surface area contributed by atoms with Gasteiger partial charge in [0, 0.05) is 24.6 Å². The molecule has 0 bridgehead atoms. The highest BCUT2D eigenvalue weighted by Crippen LogP contribution is 2.47. The van der Waals surface area contributed by atoms with Crippen molar-refractivity contribution in [3.8, 4) is 11.5 Å². The van der Waals surface area contributed by atoms with E-state index in [2.05, 4.69) is 17.0 Å². The normalized spacial score (nSPS) is 25.6. The number of β-amino-alcohol motifs (C(OH)–C–C–N with tert-alkyl or cyclic N) is 1. The van der Waals surface area contributed by atoms with Crippen LogP contribution in [0.4, 0.5) is 0 Å². The van der Waals surface area contributed by atoms with Gasteiger partial charge in [-0.15, -0.1) is 11.8 Å². The van der Waals surface area contributed by atoms with E-state index in [0.717, 1.165) is 85.3 Å². The van der Waals surface area contributed by atoms with Gasteiger partial charge in [-0.3, -0.25) is 9.69 Å². The number of likely N-dealkylation sites (tertiary alicyclic amines) is 1. The molecule has 3 atom stereocenters. The molecule has 0 aromatic carbocycles. The van der Waals surface area contributed by atoms with Crippen LogP contribution < -0.4 is 0 Å². The van der Waals surface area contributed by atoms with E-state index in [1.54, 1.807) is 11.8 Å². The molecule has 9 nitrogen and oxygen atoms in total. The topological polar surface area (TPSA) is 110 Å². The average Bonchev–Trinajstić information content (AvgIpc) is 3.64. The van der Waals surface area contributed by atoms with Crippen molar-refractivity contribution in [1.82, 2.24) is 29.8 Å². The third kappa shape index (κ3) is 3.71. The smallest absolute Gasteiger partial charge is 0.185 e. The number of hydrogen-bond acceptors (Lipinski definition) is 9. The summed E-state index contributed by atoms with van der Waals surface area (Å²) < 4.78 is 7.98. The number of Topliss-reactive ketones (excluding diaryl/α,β-unsaturated/α-hetero) is 1. The molecule has 36 heavy (non-hydrogen) atoms. The lowest BCUT2D eigenvalue weighted by atomic mass is 9.64. The number of thioether (sulfide) groups is 1. The van der Waals surface area contributed by atoms with Crippen molar-refractivity contribution < 1.29 is 14.4 Å². The summed E-state index contributed by atoms with van der Waals surface area (Å²) in [6.45, 7) is 4.02. The zero-order valence-corrected chi connectivity index (χ0v) is 21.9. The van der Waals surface area contributed by atoms with Gasteiger partial charge in [0.25, 0.3) is 0 Å². The number of ketones is 1. The number of carbonyl (C=O) groups excluding carboxylic acids is 1. The van der Waals surface area contributed by atoms with Crippen molar-refractivity contribution >= 4 is 28.6 Å². The Morgan fingerprint density at radius 2 is 2.08 bits per heavy atom. The molecule has 10 heteroatoms. The van der Waals surface area contributed by atoms with Gasteiger partial charge in [-0.1, -0.05) is 11.6 Å². The predicted octanol–water partition coefficient (Wildman–Crippen LogP) is 3.94. The van der Waals surface area contributed by atoms with Crippen molar-refractivity contribution in [3.63, 3.8) is 0 Å². The summed E-state index contributed by atoms with van der Waals surface area (Å²) in [6.07, 6.45) is 12.2. The lowest BCUT2D eigenvalue weighted by Gasteiger charge is -2.36. The van der Waals surface area contributed by atoms with Gasteiger partial charge in [0.15, 0.2) is 22.9 Å². The summed E-state index contributed by atoms with van der Waals surface area (Å²) in [6, 6.07) is 0.400. The van der Waals surface area contributed by atoms with E-state index >= 15 is 0 Å². The fraction of sp³-hybridized carbons (Fsp3) is 0.654. The van der Waals surface area contributed by atoms with Crippen molar-refractivity contribution in [2.75, 3.05) is 26.0 Å². The summed E-state index contributed by atoms with van der Waals surface area (Å²) >= 11 is 1.57. The maximum absolute atomic E-state index is 13.1. The standard InChI is InChI=1S/C26H34N6O3S/c1-16(19-8-6-12-31(19)13-14-33)32-24-18(15-27-32)25(36-2)29-23(28-24)21-17-7-5-11-26(22(17)35-30-21)10-4-3-9-20(26)34/h15-16,19,33H,3-14H2,1-2H3/t16-,19-,26+/m0/s1. The summed E-state index contributed by atoms with van der Waals surface area (Å²) in [7, 11) is 0. The van der Waals surface area contributed by atoms with Crippen LogP contribution in [0.1, 0.15) is 75.7 Å². The van der Waals surface area contributed by atoms with Crippen molar-refractivity contribution in [2.45, 2.75) is 87.2 Å². The molecule has 6 rings (SSSR count). The Hall–Kier alpha value is -2.30. The highest BCUT2D eigenvalue weighted by Gasteiger charge is 2.48. The maximum atomic E-state index is 13.1. The van der Waals surface area contributed by atoms with E-state index in [4.69, 9.17) is 19.6 Å². The summed E-state index contributed by atoms with van der Waals surface area (Å²) in [5.41, 5.74) is 1.96. The van der Waals surface area contributed by atoms with E-state index in [0.29, 0.717) is 36.3 Å². The molecule has 3 aliphatic rings. The molecule has 2 fully saturated rings. The number of rotatable bonds is 6. The second-order valence-corrected chi connectivity index (χ2v) is 11.3. The second kappa shape index (κ2) is 9.54. The Kier molecular flexibility index (Phi) is 6.37. The quantitative estimate of drug-likeness (QED) is 0.389. The van der Waals surface area contributed by atoms with E-state index in [-0.39, 0.29) is 12.6 Å². The minimum Gasteiger partial charge on any atom is -0.395 e. The van der Waals surface area contributed by atoms with Gasteiger partial charge in [-0.2, -0.15) is 5.10 Å². The monoisotopic (exact) mass is 510 g/mol. The minimum atomic E-state index is -0.515. The molecule has 1 saturated heterocycles. The van der Waals surface area contributed by atoms with Gasteiger partial charge < -0.3 is 9.63 Å². The number of aliphatic hydroxyl groups is 1. The van der Waals surface area contributed by atoms with E-state index in [1.807, 2.05) is 17.1 Å². The molecule has 4 heterocycles. The van der Waals surface area contributed by atoms with Crippen LogP contribution in [0.3, 0.4) is 0 Å². The number of fused-ring (bicyclic) bond motifs is 3. The van der Waals surface area contributed by atoms with E-state index < -0.39 is 5.41 Å². The van der Waals surface area contributed by atoms with Gasteiger partial charge in [0.1, 0.15) is 10.8 Å². The van der Waals surface area contributed by atoms with Crippen LogP contribution >= 0.6 is 11.8 Å². The first-order chi connectivity index (χ1) is 17.6. The molecule has 0 unspecified atom stereocenters. The number of hydrogen-bond donors (Lipinski definition) is 1. The van der Waals surface area contributed by atoms with Crippen LogP contribution in [0.15, 0.2) is 15.7 Å². The lowest BCUT2D eigenvalue weighted by Crippen LogP contribution is -2.41. The molecule has 0 amide bonds. The molecular formula is C26H34N6O3S. The van der Waals surface area contributed by atoms with E-state index in [9.17, 15) is 9.90 Å². The van der Waals surface area contributed by atoms with Gasteiger partial charge in [-0.25, -0.2) is 14.6 Å². The molecular weight excluding hydrogens is 476 g/mol. The minimum absolute atomic E-state index is 0.100. The van der Waals surface area contributed by atoms with Crippen molar-refractivity contribution in [2.24, 2.45) is 0 Å². The third-order valence-corrected chi connectivity index (χ3v) is 9.31. The van der Waals surface area contributed by atoms with Crippen LogP contribution in [-0.4, -0.2) is 72.7 Å². The maximum Gasteiger partial charge on any atom is 0.185 e. The Labute approximate surface area is 215 Å². The summed E-state index contributed by atoms with van der Waals surface area (Å²) in [4.78, 5) is 25.3.